The molecule has 2 aliphatic heterocycles. The Morgan fingerprint density at radius 1 is 0.895 bits per heavy atom. The second-order valence-electron chi connectivity index (χ2n) is 9.45. The number of benzene rings is 2. The summed E-state index contributed by atoms with van der Waals surface area (Å²) in [5.74, 6) is 0.494. The number of hydrogen-bond donors (Lipinski definition) is 4. The molecule has 0 spiro atoms. The van der Waals surface area contributed by atoms with Gasteiger partial charge >= 0.3 is 0 Å². The first-order valence-electron chi connectivity index (χ1n) is 13.1. The lowest BCUT2D eigenvalue weighted by molar-refractivity contribution is 0.122. The molecule has 0 atom stereocenters. The largest absolute Gasteiger partial charge is 0.395 e. The molecule has 2 fully saturated rings. The fraction of sp³-hybridized carbons (Fsp3) is 0.429. The van der Waals surface area contributed by atoms with Gasteiger partial charge in [0, 0.05) is 67.2 Å². The number of ether oxygens (including phenoxy) is 2. The predicted octanol–water partition coefficient (Wildman–Crippen LogP) is 2.77. The summed E-state index contributed by atoms with van der Waals surface area (Å²) in [6, 6.07) is 12.2. The molecule has 4 N–H and O–H groups in total. The van der Waals surface area contributed by atoms with E-state index in [0.29, 0.717) is 12.5 Å². The van der Waals surface area contributed by atoms with Gasteiger partial charge in [-0.05, 0) is 54.4 Å². The minimum Gasteiger partial charge on any atom is -0.395 e. The van der Waals surface area contributed by atoms with Crippen LogP contribution >= 0.6 is 0 Å². The molecule has 0 bridgehead atoms. The molecule has 38 heavy (non-hydrogen) atoms. The van der Waals surface area contributed by atoms with Crippen molar-refractivity contribution in [3.05, 3.63) is 53.7 Å². The molecule has 3 aromatic rings. The molecule has 1 aromatic heterocycles. The van der Waals surface area contributed by atoms with Crippen molar-refractivity contribution in [2.75, 3.05) is 86.2 Å². The molecular weight excluding hydrogens is 484 g/mol. The lowest BCUT2D eigenvalue weighted by atomic mass is 10.00. The second-order valence-corrected chi connectivity index (χ2v) is 9.45. The third kappa shape index (κ3) is 6.16. The van der Waals surface area contributed by atoms with Crippen molar-refractivity contribution in [2.24, 2.45) is 0 Å². The van der Waals surface area contributed by atoms with Crippen molar-refractivity contribution in [1.29, 1.82) is 0 Å². The van der Waals surface area contributed by atoms with Crippen LogP contribution in [0.1, 0.15) is 11.1 Å². The second kappa shape index (κ2) is 12.4. The number of aliphatic hydroxyl groups is 2. The summed E-state index contributed by atoms with van der Waals surface area (Å²) >= 11 is 0. The molecule has 0 unspecified atom stereocenters. The number of rotatable bonds is 9. The third-order valence-electron chi connectivity index (χ3n) is 6.92. The van der Waals surface area contributed by atoms with Crippen LogP contribution in [-0.2, 0) is 16.1 Å². The van der Waals surface area contributed by atoms with E-state index in [1.165, 1.54) is 0 Å². The number of morpholine rings is 2. The normalized spacial score (nSPS) is 16.0. The smallest absolute Gasteiger partial charge is 0.227 e. The highest BCUT2D eigenvalue weighted by Crippen LogP contribution is 2.32. The monoisotopic (exact) mass is 520 g/mol. The molecule has 2 aromatic carbocycles. The van der Waals surface area contributed by atoms with Crippen LogP contribution in [0.5, 0.6) is 0 Å². The van der Waals surface area contributed by atoms with Gasteiger partial charge in [0.25, 0.3) is 0 Å². The summed E-state index contributed by atoms with van der Waals surface area (Å²) in [5, 5.41) is 25.7. The van der Waals surface area contributed by atoms with Crippen molar-refractivity contribution in [3.8, 4) is 11.3 Å². The minimum atomic E-state index is -0.0874. The number of hydrogen-bond acceptors (Lipinski definition) is 10. The standard InChI is InChI=1S/C28H36N6O4/c1-20-25(14-21(19-36)15-27(20)29-4-9-35)26-2-3-30-28(32-26)31-22-16-23(33-5-10-37-11-6-33)18-24(17-22)34-7-12-38-13-8-34/h2-3,14-18,29,35-36H,4-13,19H2,1H3,(H,30,31,32). The van der Waals surface area contributed by atoms with E-state index in [1.54, 1.807) is 6.20 Å². The Morgan fingerprint density at radius 3 is 2.16 bits per heavy atom. The van der Waals surface area contributed by atoms with E-state index in [0.717, 1.165) is 97.7 Å². The maximum absolute atomic E-state index is 9.82. The van der Waals surface area contributed by atoms with Gasteiger partial charge in [-0.1, -0.05) is 0 Å². The van der Waals surface area contributed by atoms with Gasteiger partial charge in [-0.25, -0.2) is 9.97 Å². The van der Waals surface area contributed by atoms with Crippen molar-refractivity contribution in [3.63, 3.8) is 0 Å². The van der Waals surface area contributed by atoms with E-state index < -0.39 is 0 Å². The van der Waals surface area contributed by atoms with Gasteiger partial charge in [0.15, 0.2) is 0 Å². The Bertz CT molecular complexity index is 1190. The quantitative estimate of drug-likeness (QED) is 0.336. The van der Waals surface area contributed by atoms with Gasteiger partial charge in [-0.15, -0.1) is 0 Å². The molecule has 0 saturated carbocycles. The van der Waals surface area contributed by atoms with Crippen LogP contribution in [-0.4, -0.2) is 85.9 Å². The lowest BCUT2D eigenvalue weighted by Crippen LogP contribution is -2.38. The molecular formula is C28H36N6O4. The molecule has 0 amide bonds. The molecule has 5 rings (SSSR count). The highest BCUT2D eigenvalue weighted by atomic mass is 16.5. The fourth-order valence-electron chi connectivity index (χ4n) is 4.88. The number of aliphatic hydroxyl groups excluding tert-OH is 2. The maximum atomic E-state index is 9.82. The van der Waals surface area contributed by atoms with Gasteiger partial charge < -0.3 is 40.1 Å². The average molecular weight is 521 g/mol. The summed E-state index contributed by atoms with van der Waals surface area (Å²) in [6.07, 6.45) is 1.74. The van der Waals surface area contributed by atoms with Crippen LogP contribution < -0.4 is 20.4 Å². The molecule has 202 valence electrons. The summed E-state index contributed by atoms with van der Waals surface area (Å²) in [6.45, 7) is 8.66. The highest BCUT2D eigenvalue weighted by molar-refractivity contribution is 5.75. The molecule has 3 heterocycles. The summed E-state index contributed by atoms with van der Waals surface area (Å²) < 4.78 is 11.1. The maximum Gasteiger partial charge on any atom is 0.227 e. The average Bonchev–Trinajstić information content (AvgIpc) is 2.97. The number of nitrogens with zero attached hydrogens (tertiary/aromatic N) is 4. The van der Waals surface area contributed by atoms with E-state index >= 15 is 0 Å². The Kier molecular flexibility index (Phi) is 8.54. The van der Waals surface area contributed by atoms with Gasteiger partial charge in [0.05, 0.1) is 45.3 Å². The zero-order valence-electron chi connectivity index (χ0n) is 21.8. The predicted molar refractivity (Wildman–Crippen MR) is 149 cm³/mol. The Morgan fingerprint density at radius 2 is 1.55 bits per heavy atom. The molecule has 0 radical (unpaired) electrons. The van der Waals surface area contributed by atoms with Crippen molar-refractivity contribution >= 4 is 28.7 Å². The first kappa shape index (κ1) is 26.2. The number of anilines is 5. The van der Waals surface area contributed by atoms with E-state index in [1.807, 2.05) is 25.1 Å². The van der Waals surface area contributed by atoms with E-state index in [4.69, 9.17) is 14.5 Å². The first-order valence-corrected chi connectivity index (χ1v) is 13.1. The Labute approximate surface area is 223 Å². The number of nitrogens with one attached hydrogen (secondary N) is 2. The van der Waals surface area contributed by atoms with Crippen LogP contribution in [0.3, 0.4) is 0 Å². The SMILES string of the molecule is Cc1c(NCCO)cc(CO)cc1-c1ccnc(Nc2cc(N3CCOCC3)cc(N3CCOCC3)c2)n1. The van der Waals surface area contributed by atoms with E-state index in [2.05, 4.69) is 43.6 Å². The zero-order chi connectivity index (χ0) is 26.3. The topological polar surface area (TPSA) is 115 Å². The van der Waals surface area contributed by atoms with Gasteiger partial charge in [-0.3, -0.25) is 0 Å². The summed E-state index contributed by atoms with van der Waals surface area (Å²) in [5.41, 5.74) is 7.47. The van der Waals surface area contributed by atoms with Crippen LogP contribution in [0.4, 0.5) is 28.7 Å². The van der Waals surface area contributed by atoms with E-state index in [-0.39, 0.29) is 13.2 Å². The third-order valence-corrected chi connectivity index (χ3v) is 6.92. The summed E-state index contributed by atoms with van der Waals surface area (Å²) in [7, 11) is 0. The van der Waals surface area contributed by atoms with Gasteiger partial charge in [0.1, 0.15) is 0 Å². The molecule has 0 aliphatic carbocycles. The van der Waals surface area contributed by atoms with E-state index in [9.17, 15) is 10.2 Å². The molecule has 2 saturated heterocycles. The zero-order valence-corrected chi connectivity index (χ0v) is 21.8. The van der Waals surface area contributed by atoms with Crippen LogP contribution in [0.2, 0.25) is 0 Å². The minimum absolute atomic E-state index is 0.0235. The molecule has 2 aliphatic rings. The van der Waals surface area contributed by atoms with Crippen LogP contribution in [0.15, 0.2) is 42.6 Å². The van der Waals surface area contributed by atoms with Crippen molar-refractivity contribution in [1.82, 2.24) is 9.97 Å². The molecule has 10 heteroatoms. The lowest BCUT2D eigenvalue weighted by Gasteiger charge is -2.33. The van der Waals surface area contributed by atoms with Crippen molar-refractivity contribution in [2.45, 2.75) is 13.5 Å². The van der Waals surface area contributed by atoms with Crippen LogP contribution in [0, 0.1) is 6.92 Å². The highest BCUT2D eigenvalue weighted by Gasteiger charge is 2.18. The Hall–Kier alpha value is -3.44. The first-order chi connectivity index (χ1) is 18.6. The fourth-order valence-corrected chi connectivity index (χ4v) is 4.88. The van der Waals surface area contributed by atoms with Gasteiger partial charge in [-0.2, -0.15) is 0 Å². The Balaban J connectivity index is 1.46. The number of aromatic nitrogens is 2. The van der Waals surface area contributed by atoms with Crippen molar-refractivity contribution < 1.29 is 19.7 Å². The molecule has 10 nitrogen and oxygen atoms in total. The summed E-state index contributed by atoms with van der Waals surface area (Å²) in [4.78, 5) is 14.0. The van der Waals surface area contributed by atoms with Crippen LogP contribution in [0.25, 0.3) is 11.3 Å². The van der Waals surface area contributed by atoms with Gasteiger partial charge in [0.2, 0.25) is 5.95 Å².